The first kappa shape index (κ1) is 11.4. The standard InChI is InChI=1S/C13H12FNO2/c1-2-8-3-4-9(5-11(8)14)12-6-10(7-17-12)13(15)16/h3-7H,2H2,1H3,(H2,15,16). The quantitative estimate of drug-likeness (QED) is 0.886. The molecule has 2 rings (SSSR count). The molecule has 4 heteroatoms. The fourth-order valence-corrected chi connectivity index (χ4v) is 1.60. The maximum absolute atomic E-state index is 13.6. The molecule has 0 fully saturated rings. The van der Waals surface area contributed by atoms with E-state index in [0.29, 0.717) is 23.3 Å². The molecule has 88 valence electrons. The van der Waals surface area contributed by atoms with Gasteiger partial charge < -0.3 is 10.2 Å². The molecule has 17 heavy (non-hydrogen) atoms. The van der Waals surface area contributed by atoms with Gasteiger partial charge in [0.15, 0.2) is 0 Å². The molecule has 2 aromatic rings. The number of hydrogen-bond donors (Lipinski definition) is 1. The number of amides is 1. The molecule has 0 aliphatic heterocycles. The fraction of sp³-hybridized carbons (Fsp3) is 0.154. The van der Waals surface area contributed by atoms with Gasteiger partial charge in [-0.1, -0.05) is 19.1 Å². The molecule has 0 atom stereocenters. The van der Waals surface area contributed by atoms with Crippen LogP contribution in [0.15, 0.2) is 34.9 Å². The van der Waals surface area contributed by atoms with Crippen LogP contribution in [0.2, 0.25) is 0 Å². The van der Waals surface area contributed by atoms with Crippen LogP contribution in [0.25, 0.3) is 11.3 Å². The number of rotatable bonds is 3. The van der Waals surface area contributed by atoms with Crippen molar-refractivity contribution in [1.29, 1.82) is 0 Å². The van der Waals surface area contributed by atoms with Crippen molar-refractivity contribution >= 4 is 5.91 Å². The Hall–Kier alpha value is -2.10. The van der Waals surface area contributed by atoms with Gasteiger partial charge in [0.25, 0.3) is 5.91 Å². The van der Waals surface area contributed by atoms with E-state index in [4.69, 9.17) is 10.2 Å². The lowest BCUT2D eigenvalue weighted by Gasteiger charge is -2.01. The van der Waals surface area contributed by atoms with Crippen molar-refractivity contribution in [2.24, 2.45) is 5.73 Å². The molecule has 1 amide bonds. The molecule has 1 heterocycles. The third-order valence-electron chi connectivity index (χ3n) is 2.60. The highest BCUT2D eigenvalue weighted by molar-refractivity contribution is 5.93. The number of primary amides is 1. The van der Waals surface area contributed by atoms with Crippen molar-refractivity contribution in [3.05, 3.63) is 47.5 Å². The monoisotopic (exact) mass is 233 g/mol. The minimum absolute atomic E-state index is 0.276. The van der Waals surface area contributed by atoms with Crippen molar-refractivity contribution in [2.75, 3.05) is 0 Å². The summed E-state index contributed by atoms with van der Waals surface area (Å²) in [6.45, 7) is 1.89. The summed E-state index contributed by atoms with van der Waals surface area (Å²) in [6, 6.07) is 6.35. The second kappa shape index (κ2) is 4.41. The molecule has 0 spiro atoms. The largest absolute Gasteiger partial charge is 0.464 e. The van der Waals surface area contributed by atoms with Gasteiger partial charge in [-0.05, 0) is 24.1 Å². The van der Waals surface area contributed by atoms with E-state index in [-0.39, 0.29) is 11.4 Å². The summed E-state index contributed by atoms with van der Waals surface area (Å²) in [6.07, 6.45) is 1.90. The van der Waals surface area contributed by atoms with Gasteiger partial charge >= 0.3 is 0 Å². The average Bonchev–Trinajstić information content (AvgIpc) is 2.78. The lowest BCUT2D eigenvalue weighted by atomic mass is 10.1. The first-order chi connectivity index (χ1) is 8.11. The Labute approximate surface area is 98.0 Å². The van der Waals surface area contributed by atoms with Crippen LogP contribution in [-0.4, -0.2) is 5.91 Å². The average molecular weight is 233 g/mol. The van der Waals surface area contributed by atoms with Crippen molar-refractivity contribution in [1.82, 2.24) is 0 Å². The van der Waals surface area contributed by atoms with Crippen LogP contribution in [-0.2, 0) is 6.42 Å². The Kier molecular flexibility index (Phi) is 2.95. The van der Waals surface area contributed by atoms with Gasteiger partial charge in [0.2, 0.25) is 0 Å². The number of nitrogens with two attached hydrogens (primary N) is 1. The van der Waals surface area contributed by atoms with Gasteiger partial charge in [-0.25, -0.2) is 4.39 Å². The van der Waals surface area contributed by atoms with Crippen LogP contribution in [0.3, 0.4) is 0 Å². The number of aryl methyl sites for hydroxylation is 1. The lowest BCUT2D eigenvalue weighted by molar-refractivity contribution is 0.0999. The Morgan fingerprint density at radius 2 is 2.18 bits per heavy atom. The van der Waals surface area contributed by atoms with Gasteiger partial charge in [-0.3, -0.25) is 4.79 Å². The highest BCUT2D eigenvalue weighted by Gasteiger charge is 2.10. The van der Waals surface area contributed by atoms with Crippen molar-refractivity contribution in [3.8, 4) is 11.3 Å². The van der Waals surface area contributed by atoms with Gasteiger partial charge in [0.1, 0.15) is 17.8 Å². The molecular formula is C13H12FNO2. The molecule has 1 aromatic carbocycles. The first-order valence-electron chi connectivity index (χ1n) is 5.29. The number of benzene rings is 1. The molecule has 0 bridgehead atoms. The summed E-state index contributed by atoms with van der Waals surface area (Å²) in [5.41, 5.74) is 6.62. The molecule has 0 radical (unpaired) electrons. The normalized spacial score (nSPS) is 10.5. The van der Waals surface area contributed by atoms with E-state index in [0.717, 1.165) is 0 Å². The number of carbonyl (C=O) groups excluding carboxylic acids is 1. The number of furan rings is 1. The second-order valence-corrected chi connectivity index (χ2v) is 3.72. The van der Waals surface area contributed by atoms with Crippen LogP contribution in [0.4, 0.5) is 4.39 Å². The zero-order chi connectivity index (χ0) is 12.4. The third kappa shape index (κ3) is 2.20. The minimum atomic E-state index is -0.564. The fourth-order valence-electron chi connectivity index (χ4n) is 1.60. The van der Waals surface area contributed by atoms with Crippen LogP contribution < -0.4 is 5.73 Å². The van der Waals surface area contributed by atoms with E-state index in [1.165, 1.54) is 18.4 Å². The third-order valence-corrected chi connectivity index (χ3v) is 2.60. The van der Waals surface area contributed by atoms with E-state index in [9.17, 15) is 9.18 Å². The van der Waals surface area contributed by atoms with Crippen LogP contribution in [0, 0.1) is 5.82 Å². The first-order valence-corrected chi connectivity index (χ1v) is 5.29. The SMILES string of the molecule is CCc1ccc(-c2cc(C(N)=O)co2)cc1F. The minimum Gasteiger partial charge on any atom is -0.464 e. The Balaban J connectivity index is 2.39. The molecular weight excluding hydrogens is 221 g/mol. The zero-order valence-electron chi connectivity index (χ0n) is 9.37. The molecule has 0 saturated heterocycles. The summed E-state index contributed by atoms with van der Waals surface area (Å²) < 4.78 is 18.7. The number of hydrogen-bond acceptors (Lipinski definition) is 2. The molecule has 2 N–H and O–H groups in total. The Morgan fingerprint density at radius 3 is 2.71 bits per heavy atom. The van der Waals surface area contributed by atoms with Gasteiger partial charge in [0.05, 0.1) is 5.56 Å². The number of halogens is 1. The molecule has 1 aromatic heterocycles. The smallest absolute Gasteiger partial charge is 0.251 e. The van der Waals surface area contributed by atoms with Gasteiger partial charge in [-0.2, -0.15) is 0 Å². The van der Waals surface area contributed by atoms with Gasteiger partial charge in [-0.15, -0.1) is 0 Å². The van der Waals surface area contributed by atoms with E-state index in [2.05, 4.69) is 0 Å². The molecule has 0 unspecified atom stereocenters. The van der Waals surface area contributed by atoms with Gasteiger partial charge in [0, 0.05) is 5.56 Å². The highest BCUT2D eigenvalue weighted by atomic mass is 19.1. The maximum atomic E-state index is 13.6. The molecule has 0 aliphatic carbocycles. The van der Waals surface area contributed by atoms with E-state index >= 15 is 0 Å². The Bertz CT molecular complexity index is 560. The predicted octanol–water partition coefficient (Wildman–Crippen LogP) is 2.75. The maximum Gasteiger partial charge on any atom is 0.251 e. The summed E-state index contributed by atoms with van der Waals surface area (Å²) in [4.78, 5) is 10.9. The van der Waals surface area contributed by atoms with Crippen molar-refractivity contribution in [3.63, 3.8) is 0 Å². The second-order valence-electron chi connectivity index (χ2n) is 3.72. The summed E-state index contributed by atoms with van der Waals surface area (Å²) in [5.74, 6) is -0.409. The Morgan fingerprint density at radius 1 is 1.41 bits per heavy atom. The summed E-state index contributed by atoms with van der Waals surface area (Å²) in [7, 11) is 0. The van der Waals surface area contributed by atoms with Crippen molar-refractivity contribution in [2.45, 2.75) is 13.3 Å². The molecule has 0 aliphatic rings. The topological polar surface area (TPSA) is 56.2 Å². The predicted molar refractivity (Wildman–Crippen MR) is 62.0 cm³/mol. The van der Waals surface area contributed by atoms with Crippen LogP contribution in [0.1, 0.15) is 22.8 Å². The molecule has 0 saturated carbocycles. The van der Waals surface area contributed by atoms with E-state index in [1.807, 2.05) is 6.92 Å². The summed E-state index contributed by atoms with van der Waals surface area (Å²) >= 11 is 0. The van der Waals surface area contributed by atoms with Crippen LogP contribution >= 0.6 is 0 Å². The highest BCUT2D eigenvalue weighted by Crippen LogP contribution is 2.24. The van der Waals surface area contributed by atoms with E-state index < -0.39 is 5.91 Å². The van der Waals surface area contributed by atoms with Crippen LogP contribution in [0.5, 0.6) is 0 Å². The zero-order valence-corrected chi connectivity index (χ0v) is 9.37. The number of carbonyl (C=O) groups is 1. The molecule has 3 nitrogen and oxygen atoms in total. The van der Waals surface area contributed by atoms with Crippen molar-refractivity contribution < 1.29 is 13.6 Å². The van der Waals surface area contributed by atoms with E-state index in [1.54, 1.807) is 12.1 Å². The lowest BCUT2D eigenvalue weighted by Crippen LogP contribution is -2.09. The summed E-state index contributed by atoms with van der Waals surface area (Å²) in [5, 5.41) is 0.